The van der Waals surface area contributed by atoms with E-state index in [2.05, 4.69) is 16.0 Å². The molecule has 0 saturated carbocycles. The average Bonchev–Trinajstić information content (AvgIpc) is 2.85. The number of carboxylic acids is 1. The first-order valence-electron chi connectivity index (χ1n) is 12.1. The van der Waals surface area contributed by atoms with E-state index in [9.17, 15) is 34.2 Å². The Kier molecular flexibility index (Phi) is 14.8. The van der Waals surface area contributed by atoms with Crippen molar-refractivity contribution in [3.05, 3.63) is 29.8 Å². The molecule has 0 radical (unpaired) electrons. The Balaban J connectivity index is 3.12. The van der Waals surface area contributed by atoms with Crippen molar-refractivity contribution in [3.8, 4) is 5.75 Å². The lowest BCUT2D eigenvalue weighted by Crippen LogP contribution is -2.58. The van der Waals surface area contributed by atoms with Gasteiger partial charge in [-0.25, -0.2) is 4.79 Å². The largest absolute Gasteiger partial charge is 0.508 e. The second-order valence-electron chi connectivity index (χ2n) is 8.74. The third-order valence-corrected chi connectivity index (χ3v) is 6.22. The summed E-state index contributed by atoms with van der Waals surface area (Å²) < 4.78 is 0. The number of aliphatic carboxylic acids is 1. The summed E-state index contributed by atoms with van der Waals surface area (Å²) in [5.74, 6) is -3.67. The highest BCUT2D eigenvalue weighted by atomic mass is 32.2. The van der Waals surface area contributed by atoms with E-state index in [0.717, 1.165) is 0 Å². The second kappa shape index (κ2) is 17.2. The van der Waals surface area contributed by atoms with Crippen molar-refractivity contribution in [1.82, 2.24) is 16.0 Å². The first-order valence-corrected chi connectivity index (χ1v) is 13.5. The molecule has 0 bridgehead atoms. The average molecular weight is 555 g/mol. The highest BCUT2D eigenvalue weighted by Crippen LogP contribution is 2.13. The maximum atomic E-state index is 13.2. The fourth-order valence-electron chi connectivity index (χ4n) is 3.46. The zero-order valence-corrected chi connectivity index (χ0v) is 22.2. The van der Waals surface area contributed by atoms with Gasteiger partial charge in [0.25, 0.3) is 0 Å². The third kappa shape index (κ3) is 12.3. The van der Waals surface area contributed by atoms with Crippen molar-refractivity contribution < 1.29 is 34.2 Å². The first kappa shape index (κ1) is 32.7. The Morgan fingerprint density at radius 3 is 2.03 bits per heavy atom. The van der Waals surface area contributed by atoms with Gasteiger partial charge in [0.15, 0.2) is 0 Å². The van der Waals surface area contributed by atoms with Crippen molar-refractivity contribution in [3.63, 3.8) is 0 Å². The van der Waals surface area contributed by atoms with Crippen LogP contribution in [0.15, 0.2) is 24.3 Å². The van der Waals surface area contributed by atoms with Crippen LogP contribution < -0.4 is 33.2 Å². The fourth-order valence-corrected chi connectivity index (χ4v) is 3.94. The number of thioether (sulfide) groups is 1. The fraction of sp³-hybridized carbons (Fsp3) is 0.542. The molecule has 0 fully saturated rings. The van der Waals surface area contributed by atoms with Crippen molar-refractivity contribution in [2.75, 3.05) is 18.6 Å². The molecule has 0 aliphatic rings. The van der Waals surface area contributed by atoms with E-state index >= 15 is 0 Å². The van der Waals surface area contributed by atoms with Crippen LogP contribution in [0.3, 0.4) is 0 Å². The molecule has 0 aliphatic carbocycles. The van der Waals surface area contributed by atoms with E-state index in [-0.39, 0.29) is 25.0 Å². The maximum absolute atomic E-state index is 13.2. The van der Waals surface area contributed by atoms with Crippen molar-refractivity contribution in [2.24, 2.45) is 17.2 Å². The quantitative estimate of drug-likeness (QED) is 0.0982. The molecule has 4 amide bonds. The van der Waals surface area contributed by atoms with Crippen molar-refractivity contribution in [1.29, 1.82) is 0 Å². The number of benzene rings is 1. The van der Waals surface area contributed by atoms with Crippen molar-refractivity contribution in [2.45, 2.75) is 62.7 Å². The van der Waals surface area contributed by atoms with E-state index in [1.165, 1.54) is 23.9 Å². The van der Waals surface area contributed by atoms with Gasteiger partial charge in [0.2, 0.25) is 23.6 Å². The zero-order valence-electron chi connectivity index (χ0n) is 21.4. The van der Waals surface area contributed by atoms with Crippen molar-refractivity contribution >= 4 is 41.4 Å². The Labute approximate surface area is 225 Å². The highest BCUT2D eigenvalue weighted by molar-refractivity contribution is 7.98. The molecule has 212 valence electrons. The number of primary amides is 1. The molecule has 38 heavy (non-hydrogen) atoms. The molecule has 0 aromatic heterocycles. The molecular formula is C24H38N6O7S. The lowest BCUT2D eigenvalue weighted by atomic mass is 10.0. The summed E-state index contributed by atoms with van der Waals surface area (Å²) in [7, 11) is 0. The minimum Gasteiger partial charge on any atom is -0.508 e. The molecule has 14 heteroatoms. The van der Waals surface area contributed by atoms with Gasteiger partial charge in [-0.1, -0.05) is 12.1 Å². The van der Waals surface area contributed by atoms with Crippen LogP contribution in [0.5, 0.6) is 5.75 Å². The summed E-state index contributed by atoms with van der Waals surface area (Å²) in [6.07, 6.45) is 2.81. The lowest BCUT2D eigenvalue weighted by molar-refractivity contribution is -0.142. The lowest BCUT2D eigenvalue weighted by Gasteiger charge is -2.25. The molecular weight excluding hydrogens is 516 g/mol. The predicted molar refractivity (Wildman–Crippen MR) is 143 cm³/mol. The Morgan fingerprint density at radius 1 is 0.895 bits per heavy atom. The monoisotopic (exact) mass is 554 g/mol. The number of aromatic hydroxyl groups is 1. The smallest absolute Gasteiger partial charge is 0.326 e. The number of amides is 4. The Morgan fingerprint density at radius 2 is 1.47 bits per heavy atom. The van der Waals surface area contributed by atoms with Gasteiger partial charge in [-0.3, -0.25) is 19.2 Å². The van der Waals surface area contributed by atoms with E-state index in [4.69, 9.17) is 17.2 Å². The molecule has 13 nitrogen and oxygen atoms in total. The Hall–Kier alpha value is -3.36. The van der Waals surface area contributed by atoms with Crippen LogP contribution in [0.1, 0.15) is 37.7 Å². The second-order valence-corrected chi connectivity index (χ2v) is 9.72. The van der Waals surface area contributed by atoms with Gasteiger partial charge in [0.05, 0.1) is 12.5 Å². The minimum absolute atomic E-state index is 0.0109. The van der Waals surface area contributed by atoms with Crippen LogP contribution >= 0.6 is 11.8 Å². The van der Waals surface area contributed by atoms with Crippen LogP contribution in [-0.4, -0.2) is 82.5 Å². The van der Waals surface area contributed by atoms with Gasteiger partial charge in [-0.2, -0.15) is 11.8 Å². The van der Waals surface area contributed by atoms with Crippen LogP contribution in [-0.2, 0) is 30.4 Å². The number of hydrogen-bond acceptors (Lipinski definition) is 9. The van der Waals surface area contributed by atoms with E-state index in [0.29, 0.717) is 30.7 Å². The molecule has 0 saturated heterocycles. The number of phenols is 1. The van der Waals surface area contributed by atoms with E-state index in [1.54, 1.807) is 12.1 Å². The molecule has 1 rings (SSSR count). The highest BCUT2D eigenvalue weighted by Gasteiger charge is 2.30. The minimum atomic E-state index is -1.25. The Bertz CT molecular complexity index is 947. The number of rotatable bonds is 18. The molecule has 4 unspecified atom stereocenters. The zero-order chi connectivity index (χ0) is 28.7. The van der Waals surface area contributed by atoms with Crippen LogP contribution in [0.4, 0.5) is 0 Å². The molecule has 0 aliphatic heterocycles. The number of carbonyl (C=O) groups excluding carboxylic acids is 4. The summed E-state index contributed by atoms with van der Waals surface area (Å²) in [6.45, 7) is 0.381. The van der Waals surface area contributed by atoms with Gasteiger partial charge in [0.1, 0.15) is 23.9 Å². The predicted octanol–water partition coefficient (Wildman–Crippen LogP) is -1.44. The molecule has 0 spiro atoms. The maximum Gasteiger partial charge on any atom is 0.326 e. The van der Waals surface area contributed by atoms with Crippen LogP contribution in [0, 0.1) is 0 Å². The number of unbranched alkanes of at least 4 members (excludes halogenated alkanes) is 1. The normalized spacial score (nSPS) is 14.0. The summed E-state index contributed by atoms with van der Waals surface area (Å²) >= 11 is 1.43. The molecule has 0 heterocycles. The SMILES string of the molecule is CSCCC(NC(=O)C(N)CC(N)=O)C(=O)NC(Cc1ccc(O)cc1)C(=O)NC(CCCCN)C(=O)O. The number of carbonyl (C=O) groups is 5. The number of phenolic OH excluding ortho intramolecular Hbond substituents is 1. The van der Waals surface area contributed by atoms with E-state index in [1.807, 2.05) is 6.26 Å². The van der Waals surface area contributed by atoms with Gasteiger partial charge >= 0.3 is 5.97 Å². The van der Waals surface area contributed by atoms with Crippen LogP contribution in [0.2, 0.25) is 0 Å². The summed E-state index contributed by atoms with van der Waals surface area (Å²) in [5.41, 5.74) is 16.8. The van der Waals surface area contributed by atoms with Crippen LogP contribution in [0.25, 0.3) is 0 Å². The molecule has 1 aromatic rings. The van der Waals surface area contributed by atoms with Gasteiger partial charge in [-0.15, -0.1) is 0 Å². The third-order valence-electron chi connectivity index (χ3n) is 5.57. The summed E-state index contributed by atoms with van der Waals surface area (Å²) in [6, 6.07) is 1.24. The standard InChI is InChI=1S/C24H38N6O7S/c1-38-11-9-17(28-21(33)16(26)13-20(27)32)22(34)30-19(12-14-5-7-15(31)8-6-14)23(35)29-18(24(36)37)4-2-3-10-25/h5-8,16-19,31H,2-4,9-13,25-26H2,1H3,(H2,27,32)(H,28,33)(H,29,35)(H,30,34)(H,36,37). The first-order chi connectivity index (χ1) is 18.0. The number of nitrogens with one attached hydrogen (secondary N) is 3. The number of nitrogens with two attached hydrogens (primary N) is 3. The molecule has 1 aromatic carbocycles. The molecule has 4 atom stereocenters. The number of hydrogen-bond donors (Lipinski definition) is 8. The van der Waals surface area contributed by atoms with Gasteiger partial charge in [0, 0.05) is 6.42 Å². The van der Waals surface area contributed by atoms with Gasteiger partial charge < -0.3 is 43.4 Å². The van der Waals surface area contributed by atoms with Gasteiger partial charge in [-0.05, 0) is 61.9 Å². The molecule has 11 N–H and O–H groups in total. The number of carboxylic acid groups (broad SMARTS) is 1. The van der Waals surface area contributed by atoms with E-state index < -0.39 is 60.2 Å². The topological polar surface area (TPSA) is 240 Å². The summed E-state index contributed by atoms with van der Waals surface area (Å²) in [5, 5.41) is 26.7. The summed E-state index contributed by atoms with van der Waals surface area (Å²) in [4.78, 5) is 61.6.